The molecule has 0 spiro atoms. The number of para-hydroxylation sites is 1. The minimum Gasteiger partial charge on any atom is -0.253 e. The molecule has 1 aliphatic rings. The first-order chi connectivity index (χ1) is 23.8. The van der Waals surface area contributed by atoms with Crippen LogP contribution in [0.15, 0.2) is 175 Å². The van der Waals surface area contributed by atoms with E-state index < -0.39 is 0 Å². The van der Waals surface area contributed by atoms with Gasteiger partial charge in [-0.05, 0) is 103 Å². The first-order valence-corrected chi connectivity index (χ1v) is 17.0. The average Bonchev–Trinajstić information content (AvgIpc) is 3.17. The lowest BCUT2D eigenvalue weighted by atomic mass is 9.85. The molecule has 0 atom stereocenters. The zero-order valence-electron chi connectivity index (χ0n) is 27.2. The van der Waals surface area contributed by atoms with Crippen molar-refractivity contribution in [2.45, 2.75) is 26.2 Å². The fourth-order valence-corrected chi connectivity index (χ4v) is 7.13. The number of aliphatic imine (C=N–C) groups is 1. The Morgan fingerprint density at radius 1 is 0.438 bits per heavy atom. The van der Waals surface area contributed by atoms with Crippen LogP contribution in [0.5, 0.6) is 0 Å². The Labute approximate surface area is 282 Å². The smallest absolute Gasteiger partial charge is 0.0665 e. The van der Waals surface area contributed by atoms with E-state index in [0.29, 0.717) is 0 Å². The van der Waals surface area contributed by atoms with Crippen molar-refractivity contribution in [2.24, 2.45) is 4.99 Å². The molecule has 1 nitrogen and oxygen atoms in total. The predicted octanol–water partition coefficient (Wildman–Crippen LogP) is 12.8. The monoisotopic (exact) mass is 615 g/mol. The first-order valence-electron chi connectivity index (χ1n) is 17.0. The summed E-state index contributed by atoms with van der Waals surface area (Å²) in [7, 11) is 0. The van der Waals surface area contributed by atoms with Crippen LogP contribution in [0, 0.1) is 0 Å². The largest absolute Gasteiger partial charge is 0.253 e. The minimum absolute atomic E-state index is 1.04. The number of aryl methyl sites for hydroxylation is 2. The van der Waals surface area contributed by atoms with Crippen LogP contribution >= 0.6 is 0 Å². The minimum atomic E-state index is 1.04. The fourth-order valence-electron chi connectivity index (χ4n) is 7.13. The van der Waals surface area contributed by atoms with Crippen molar-refractivity contribution in [3.63, 3.8) is 0 Å². The summed E-state index contributed by atoms with van der Waals surface area (Å²) >= 11 is 0. The van der Waals surface area contributed by atoms with E-state index in [2.05, 4.69) is 171 Å². The van der Waals surface area contributed by atoms with E-state index >= 15 is 0 Å². The van der Waals surface area contributed by atoms with Crippen molar-refractivity contribution in [3.8, 4) is 22.3 Å². The van der Waals surface area contributed by atoms with Gasteiger partial charge in [0.15, 0.2) is 0 Å². The number of benzene rings is 8. The maximum Gasteiger partial charge on any atom is 0.0665 e. The molecule has 0 N–H and O–H groups in total. The summed E-state index contributed by atoms with van der Waals surface area (Å²) in [6, 6.07) is 61.1. The normalized spacial score (nSPS) is 12.3. The third-order valence-corrected chi connectivity index (χ3v) is 9.61. The molecule has 0 unspecified atom stereocenters. The lowest BCUT2D eigenvalue weighted by Crippen LogP contribution is -2.07. The van der Waals surface area contributed by atoms with E-state index in [0.717, 1.165) is 24.9 Å². The second-order valence-electron chi connectivity index (χ2n) is 12.5. The van der Waals surface area contributed by atoms with Crippen LogP contribution in [-0.2, 0) is 12.8 Å². The van der Waals surface area contributed by atoms with Crippen molar-refractivity contribution in [1.82, 2.24) is 0 Å². The highest BCUT2D eigenvalue weighted by Gasteiger charge is 2.17. The molecule has 0 saturated carbocycles. The van der Waals surface area contributed by atoms with E-state index in [4.69, 9.17) is 4.99 Å². The van der Waals surface area contributed by atoms with Crippen LogP contribution in [0.1, 0.15) is 30.0 Å². The second kappa shape index (κ2) is 13.1. The van der Waals surface area contributed by atoms with Gasteiger partial charge in [0.25, 0.3) is 0 Å². The van der Waals surface area contributed by atoms with E-state index in [1.807, 2.05) is 6.07 Å². The molecule has 0 amide bonds. The Kier molecular flexibility index (Phi) is 8.10. The van der Waals surface area contributed by atoms with Gasteiger partial charge >= 0.3 is 0 Å². The molecule has 48 heavy (non-hydrogen) atoms. The Morgan fingerprint density at radius 2 is 0.979 bits per heavy atom. The van der Waals surface area contributed by atoms with Gasteiger partial charge in [0, 0.05) is 5.71 Å². The summed E-state index contributed by atoms with van der Waals surface area (Å²) in [6.07, 6.45) is 3.20. The highest BCUT2D eigenvalue weighted by Crippen LogP contribution is 2.44. The highest BCUT2D eigenvalue weighted by molar-refractivity contribution is 6.21. The Balaban J connectivity index is 0.000000176. The zero-order valence-corrected chi connectivity index (χ0v) is 27.2. The van der Waals surface area contributed by atoms with Gasteiger partial charge in [-0.1, -0.05) is 165 Å². The quantitative estimate of drug-likeness (QED) is 0.175. The molecule has 0 fully saturated rings. The van der Waals surface area contributed by atoms with Crippen LogP contribution in [0.3, 0.4) is 0 Å². The number of rotatable bonds is 4. The van der Waals surface area contributed by atoms with E-state index in [1.165, 1.54) is 77.0 Å². The summed E-state index contributed by atoms with van der Waals surface area (Å²) in [5.41, 5.74) is 11.5. The van der Waals surface area contributed by atoms with Crippen LogP contribution in [0.4, 0.5) is 5.69 Å². The van der Waals surface area contributed by atoms with Crippen LogP contribution in [0.2, 0.25) is 0 Å². The maximum absolute atomic E-state index is 4.73. The van der Waals surface area contributed by atoms with Crippen molar-refractivity contribution in [2.75, 3.05) is 0 Å². The lowest BCUT2D eigenvalue weighted by molar-refractivity contribution is 1.01. The fraction of sp³-hybridized carbons (Fsp3) is 0.0851. The molecular formula is C47H37N. The molecule has 0 radical (unpaired) electrons. The molecule has 8 aromatic carbocycles. The number of fused-ring (bicyclic) bond motifs is 4. The van der Waals surface area contributed by atoms with Crippen LogP contribution in [0.25, 0.3) is 54.6 Å². The SMILES string of the molecule is CCc1ccc(-c2c3ccccc3c(-c3ccc4ccccc4c3)c3ccccc23)cc1.c1ccc(C2=Nc3ccccc3CC2)cc1. The number of nitrogens with zero attached hydrogens (tertiary/aromatic N) is 1. The molecule has 230 valence electrons. The maximum atomic E-state index is 4.73. The predicted molar refractivity (Wildman–Crippen MR) is 207 cm³/mol. The molecule has 1 heterocycles. The summed E-state index contributed by atoms with van der Waals surface area (Å²) < 4.78 is 0. The van der Waals surface area contributed by atoms with Gasteiger partial charge in [-0.25, -0.2) is 0 Å². The molecule has 9 rings (SSSR count). The van der Waals surface area contributed by atoms with E-state index in [1.54, 1.807) is 0 Å². The number of hydrogen-bond donors (Lipinski definition) is 0. The molecule has 1 heteroatoms. The van der Waals surface area contributed by atoms with Crippen LogP contribution < -0.4 is 0 Å². The molecular weight excluding hydrogens is 579 g/mol. The van der Waals surface area contributed by atoms with Crippen LogP contribution in [-0.4, -0.2) is 5.71 Å². The third-order valence-electron chi connectivity index (χ3n) is 9.61. The second-order valence-corrected chi connectivity index (χ2v) is 12.5. The lowest BCUT2D eigenvalue weighted by Gasteiger charge is -2.18. The molecule has 0 saturated heterocycles. The summed E-state index contributed by atoms with van der Waals surface area (Å²) in [5, 5.41) is 7.76. The summed E-state index contributed by atoms with van der Waals surface area (Å²) in [5.74, 6) is 0. The summed E-state index contributed by atoms with van der Waals surface area (Å²) in [4.78, 5) is 4.73. The highest BCUT2D eigenvalue weighted by atomic mass is 14.8. The van der Waals surface area contributed by atoms with E-state index in [9.17, 15) is 0 Å². The van der Waals surface area contributed by atoms with Gasteiger partial charge in [-0.3, -0.25) is 4.99 Å². The van der Waals surface area contributed by atoms with Crippen molar-refractivity contribution < 1.29 is 0 Å². The van der Waals surface area contributed by atoms with E-state index in [-0.39, 0.29) is 0 Å². The summed E-state index contributed by atoms with van der Waals surface area (Å²) in [6.45, 7) is 2.21. The van der Waals surface area contributed by atoms with Gasteiger partial charge in [0.05, 0.1) is 5.69 Å². The molecule has 1 aliphatic heterocycles. The van der Waals surface area contributed by atoms with Gasteiger partial charge in [-0.2, -0.15) is 0 Å². The molecule has 0 aliphatic carbocycles. The Hall–Kier alpha value is -5.79. The first kappa shape index (κ1) is 29.6. The van der Waals surface area contributed by atoms with Gasteiger partial charge in [0.2, 0.25) is 0 Å². The Morgan fingerprint density at radius 3 is 1.65 bits per heavy atom. The van der Waals surface area contributed by atoms with Gasteiger partial charge < -0.3 is 0 Å². The average molecular weight is 616 g/mol. The zero-order chi connectivity index (χ0) is 32.3. The topological polar surface area (TPSA) is 12.4 Å². The standard InChI is InChI=1S/C32H24.C15H13N/c1-2-22-15-17-24(18-16-22)31-27-11-5-7-13-29(27)32(30-14-8-6-12-28(30)31)26-20-19-23-9-3-4-10-25(23)21-26;1-2-6-12(7-3-1)15-11-10-13-8-4-5-9-14(13)16-15/h3-21H,2H2,1H3;1-9H,10-11H2. The van der Waals surface area contributed by atoms with Crippen molar-refractivity contribution >= 4 is 43.7 Å². The van der Waals surface area contributed by atoms with Crippen molar-refractivity contribution in [3.05, 3.63) is 187 Å². The molecule has 0 bridgehead atoms. The molecule has 8 aromatic rings. The van der Waals surface area contributed by atoms with Crippen molar-refractivity contribution in [1.29, 1.82) is 0 Å². The molecule has 0 aromatic heterocycles. The Bertz CT molecular complexity index is 2360. The number of hydrogen-bond acceptors (Lipinski definition) is 1. The third kappa shape index (κ3) is 5.69. The van der Waals surface area contributed by atoms with Gasteiger partial charge in [-0.15, -0.1) is 0 Å². The van der Waals surface area contributed by atoms with Gasteiger partial charge in [0.1, 0.15) is 0 Å².